The van der Waals surface area contributed by atoms with Gasteiger partial charge in [-0.05, 0) is 57.7 Å². The fourth-order valence-corrected chi connectivity index (χ4v) is 2.90. The van der Waals surface area contributed by atoms with Crippen LogP contribution in [0.1, 0.15) is 13.3 Å². The zero-order valence-corrected chi connectivity index (χ0v) is 18.9. The van der Waals surface area contributed by atoms with Crippen molar-refractivity contribution in [1.29, 1.82) is 0 Å². The van der Waals surface area contributed by atoms with Crippen LogP contribution < -0.4 is 15.4 Å². The summed E-state index contributed by atoms with van der Waals surface area (Å²) in [6.45, 7) is 9.04. The summed E-state index contributed by atoms with van der Waals surface area (Å²) in [6.07, 6.45) is 1.17. The predicted octanol–water partition coefficient (Wildman–Crippen LogP) is 2.01. The summed E-state index contributed by atoms with van der Waals surface area (Å²) in [4.78, 5) is 9.13. The third-order valence-electron chi connectivity index (χ3n) is 4.46. The van der Waals surface area contributed by atoms with Gasteiger partial charge in [0.2, 0.25) is 0 Å². The van der Waals surface area contributed by atoms with Gasteiger partial charge in [-0.25, -0.2) is 4.39 Å². The Bertz CT molecular complexity index is 558. The van der Waals surface area contributed by atoms with Gasteiger partial charge in [0.25, 0.3) is 0 Å². The summed E-state index contributed by atoms with van der Waals surface area (Å²) in [6, 6.07) is 6.07. The van der Waals surface area contributed by atoms with E-state index in [0.29, 0.717) is 12.3 Å². The molecule has 27 heavy (non-hydrogen) atoms. The van der Waals surface area contributed by atoms with Crippen molar-refractivity contribution in [2.75, 3.05) is 59.9 Å². The van der Waals surface area contributed by atoms with Crippen LogP contribution in [0, 0.1) is 5.82 Å². The van der Waals surface area contributed by atoms with Crippen LogP contribution in [0.4, 0.5) is 4.39 Å². The second kappa shape index (κ2) is 13.1. The number of nitrogens with one attached hydrogen (secondary N) is 2. The van der Waals surface area contributed by atoms with E-state index in [9.17, 15) is 4.39 Å². The minimum absolute atomic E-state index is 0. The highest BCUT2D eigenvalue weighted by Crippen LogP contribution is 2.12. The fourth-order valence-electron chi connectivity index (χ4n) is 2.90. The van der Waals surface area contributed by atoms with E-state index in [1.165, 1.54) is 25.1 Å². The van der Waals surface area contributed by atoms with Crippen LogP contribution in [0.2, 0.25) is 0 Å². The predicted molar refractivity (Wildman–Crippen MR) is 120 cm³/mol. The number of ether oxygens (including phenoxy) is 1. The molecule has 0 aliphatic carbocycles. The lowest BCUT2D eigenvalue weighted by Crippen LogP contribution is -2.44. The molecule has 1 aliphatic rings. The molecule has 0 amide bonds. The van der Waals surface area contributed by atoms with Gasteiger partial charge in [0, 0.05) is 33.2 Å². The molecule has 1 aromatic carbocycles. The molecule has 8 heteroatoms. The monoisotopic (exact) mass is 493 g/mol. The van der Waals surface area contributed by atoms with Crippen LogP contribution in [0.25, 0.3) is 0 Å². The molecule has 1 heterocycles. The topological polar surface area (TPSA) is 52.1 Å². The van der Waals surface area contributed by atoms with Gasteiger partial charge in [0.1, 0.15) is 17.7 Å². The van der Waals surface area contributed by atoms with Crippen LogP contribution in [-0.4, -0.2) is 81.8 Å². The molecule has 2 N–H and O–H groups in total. The largest absolute Gasteiger partial charge is 0.489 e. The number of guanidine groups is 1. The molecule has 1 unspecified atom stereocenters. The van der Waals surface area contributed by atoms with Gasteiger partial charge in [0.05, 0.1) is 6.54 Å². The molecule has 0 bridgehead atoms. The van der Waals surface area contributed by atoms with Crippen molar-refractivity contribution in [1.82, 2.24) is 20.4 Å². The lowest BCUT2D eigenvalue weighted by molar-refractivity contribution is 0.223. The normalized spacial score (nSPS) is 17.6. The fraction of sp³-hybridized carbons (Fsp3) is 0.632. The van der Waals surface area contributed by atoms with Gasteiger partial charge < -0.3 is 25.2 Å². The first-order valence-corrected chi connectivity index (χ1v) is 9.34. The van der Waals surface area contributed by atoms with E-state index < -0.39 is 0 Å². The van der Waals surface area contributed by atoms with Gasteiger partial charge >= 0.3 is 0 Å². The minimum Gasteiger partial charge on any atom is -0.489 e. The molecule has 1 aliphatic heterocycles. The maximum Gasteiger partial charge on any atom is 0.191 e. The molecule has 0 aromatic heterocycles. The summed E-state index contributed by atoms with van der Waals surface area (Å²) >= 11 is 0. The van der Waals surface area contributed by atoms with Gasteiger partial charge in [0.15, 0.2) is 5.96 Å². The molecule has 154 valence electrons. The number of benzene rings is 1. The lowest BCUT2D eigenvalue weighted by Gasteiger charge is -2.21. The third-order valence-corrected chi connectivity index (χ3v) is 4.46. The summed E-state index contributed by atoms with van der Waals surface area (Å²) in [5, 5.41) is 6.62. The van der Waals surface area contributed by atoms with E-state index in [1.54, 1.807) is 19.2 Å². The SMILES string of the molecule is CN=C(NCCN1CCCN(C)CC1)NCC(C)Oc1ccc(F)cc1.I. The zero-order valence-electron chi connectivity index (χ0n) is 16.6. The van der Waals surface area contributed by atoms with E-state index >= 15 is 0 Å². The van der Waals surface area contributed by atoms with Crippen LogP contribution in [0.15, 0.2) is 29.3 Å². The Balaban J connectivity index is 0.00000364. The zero-order chi connectivity index (χ0) is 18.8. The smallest absolute Gasteiger partial charge is 0.191 e. The van der Waals surface area contributed by atoms with E-state index in [4.69, 9.17) is 4.74 Å². The average molecular weight is 493 g/mol. The summed E-state index contributed by atoms with van der Waals surface area (Å²) < 4.78 is 18.7. The highest BCUT2D eigenvalue weighted by atomic mass is 127. The van der Waals surface area contributed by atoms with Crippen LogP contribution >= 0.6 is 24.0 Å². The first-order chi connectivity index (χ1) is 12.6. The van der Waals surface area contributed by atoms with Gasteiger partial charge in [-0.3, -0.25) is 4.99 Å². The van der Waals surface area contributed by atoms with Crippen molar-refractivity contribution in [2.24, 2.45) is 4.99 Å². The first-order valence-electron chi connectivity index (χ1n) is 9.34. The second-order valence-electron chi connectivity index (χ2n) is 6.76. The van der Waals surface area contributed by atoms with Crippen molar-refractivity contribution >= 4 is 29.9 Å². The highest BCUT2D eigenvalue weighted by molar-refractivity contribution is 14.0. The first kappa shape index (κ1) is 23.9. The standard InChI is InChI=1S/C19H32FN5O.HI/c1-16(26-18-7-5-17(20)6-8-18)15-23-19(21-2)22-9-12-25-11-4-10-24(3)13-14-25;/h5-8,16H,4,9-15H2,1-3H3,(H2,21,22,23);1H. The molecule has 0 spiro atoms. The molecule has 1 saturated heterocycles. The Kier molecular flexibility index (Phi) is 11.6. The van der Waals surface area contributed by atoms with Gasteiger partial charge in [-0.1, -0.05) is 0 Å². The number of nitrogens with zero attached hydrogens (tertiary/aromatic N) is 3. The van der Waals surface area contributed by atoms with Crippen molar-refractivity contribution < 1.29 is 9.13 Å². The number of rotatable bonds is 7. The molecule has 0 radical (unpaired) electrons. The molecule has 2 rings (SSSR count). The van der Waals surface area contributed by atoms with Crippen molar-refractivity contribution in [3.05, 3.63) is 30.1 Å². The number of hydrogen-bond acceptors (Lipinski definition) is 4. The molecule has 1 fully saturated rings. The van der Waals surface area contributed by atoms with E-state index in [-0.39, 0.29) is 35.9 Å². The maximum absolute atomic E-state index is 12.9. The molecular formula is C19H33FIN5O. The Morgan fingerprint density at radius 1 is 1.19 bits per heavy atom. The van der Waals surface area contributed by atoms with Crippen molar-refractivity contribution in [3.8, 4) is 5.75 Å². The Labute approximate surface area is 179 Å². The van der Waals surface area contributed by atoms with Crippen molar-refractivity contribution in [2.45, 2.75) is 19.4 Å². The maximum atomic E-state index is 12.9. The second-order valence-corrected chi connectivity index (χ2v) is 6.76. The number of halogens is 2. The Morgan fingerprint density at radius 2 is 1.93 bits per heavy atom. The van der Waals surface area contributed by atoms with Gasteiger partial charge in [-0.2, -0.15) is 0 Å². The van der Waals surface area contributed by atoms with E-state index in [1.807, 2.05) is 6.92 Å². The average Bonchev–Trinajstić information content (AvgIpc) is 2.84. The molecular weight excluding hydrogens is 460 g/mol. The molecule has 6 nitrogen and oxygen atoms in total. The molecule has 0 saturated carbocycles. The van der Waals surface area contributed by atoms with E-state index in [2.05, 4.69) is 32.5 Å². The van der Waals surface area contributed by atoms with E-state index in [0.717, 1.165) is 38.7 Å². The lowest BCUT2D eigenvalue weighted by atomic mass is 10.3. The Morgan fingerprint density at radius 3 is 2.63 bits per heavy atom. The minimum atomic E-state index is -0.260. The highest BCUT2D eigenvalue weighted by Gasteiger charge is 2.12. The van der Waals surface area contributed by atoms with Gasteiger partial charge in [-0.15, -0.1) is 24.0 Å². The van der Waals surface area contributed by atoms with Crippen LogP contribution in [0.3, 0.4) is 0 Å². The summed E-state index contributed by atoms with van der Waals surface area (Å²) in [5.41, 5.74) is 0. The third kappa shape index (κ3) is 9.57. The molecule has 1 atom stereocenters. The quantitative estimate of drug-likeness (QED) is 0.346. The Hall–Kier alpha value is -1.13. The summed E-state index contributed by atoms with van der Waals surface area (Å²) in [7, 11) is 3.95. The number of hydrogen-bond donors (Lipinski definition) is 2. The van der Waals surface area contributed by atoms with Crippen LogP contribution in [0.5, 0.6) is 5.75 Å². The molecule has 1 aromatic rings. The number of aliphatic imine (C=N–C) groups is 1. The number of likely N-dealkylation sites (N-methyl/N-ethyl adjacent to an activating group) is 1. The van der Waals surface area contributed by atoms with Crippen LogP contribution in [-0.2, 0) is 0 Å². The summed E-state index contributed by atoms with van der Waals surface area (Å²) in [5.74, 6) is 1.17. The van der Waals surface area contributed by atoms with Crippen molar-refractivity contribution in [3.63, 3.8) is 0 Å².